The number of rotatable bonds is 2. The van der Waals surface area contributed by atoms with Crippen molar-refractivity contribution in [3.8, 4) is 5.75 Å². The van der Waals surface area contributed by atoms with Crippen molar-refractivity contribution in [1.29, 1.82) is 0 Å². The fraction of sp³-hybridized carbons (Fsp3) is 0.333. The number of amides is 1. The zero-order chi connectivity index (χ0) is 14.1. The molecule has 1 aliphatic heterocycles. The van der Waals surface area contributed by atoms with Crippen LogP contribution >= 0.6 is 11.6 Å². The molecule has 2 heterocycles. The lowest BCUT2D eigenvalue weighted by Gasteiger charge is -2.33. The van der Waals surface area contributed by atoms with E-state index in [0.29, 0.717) is 23.0 Å². The van der Waals surface area contributed by atoms with Crippen LogP contribution in [0.2, 0.25) is 5.02 Å². The summed E-state index contributed by atoms with van der Waals surface area (Å²) in [6.45, 7) is 2.45. The molecule has 0 aliphatic carbocycles. The molecule has 0 N–H and O–H groups in total. The lowest BCUT2D eigenvalue weighted by atomic mass is 10.2. The number of fused-ring (bicyclic) bond motifs is 1. The predicted molar refractivity (Wildman–Crippen MR) is 71.7 cm³/mol. The number of anilines is 1. The molecule has 7 nitrogen and oxygen atoms in total. The molecule has 0 spiro atoms. The number of hydrogen-bond acceptors (Lipinski definition) is 5. The molecule has 0 saturated heterocycles. The molecule has 1 atom stereocenters. The number of nitrogens with zero attached hydrogens (tertiary/aromatic N) is 5. The summed E-state index contributed by atoms with van der Waals surface area (Å²) >= 11 is 5.99. The Morgan fingerprint density at radius 1 is 1.55 bits per heavy atom. The molecule has 2 aromatic rings. The van der Waals surface area contributed by atoms with Crippen molar-refractivity contribution in [3.05, 3.63) is 29.5 Å². The molecule has 1 amide bonds. The average Bonchev–Trinajstić information content (AvgIpc) is 2.91. The molecule has 0 saturated carbocycles. The van der Waals surface area contributed by atoms with Gasteiger partial charge in [-0.05, 0) is 35.5 Å². The lowest BCUT2D eigenvalue weighted by molar-refractivity contribution is -0.119. The Morgan fingerprint density at radius 2 is 2.40 bits per heavy atom. The quantitative estimate of drug-likeness (QED) is 0.830. The number of carbonyl (C=O) groups is 1. The summed E-state index contributed by atoms with van der Waals surface area (Å²) < 4.78 is 7.08. The van der Waals surface area contributed by atoms with Gasteiger partial charge in [0.15, 0.2) is 0 Å². The third kappa shape index (κ3) is 2.44. The lowest BCUT2D eigenvalue weighted by Crippen LogP contribution is -2.43. The Hall–Kier alpha value is -2.15. The van der Waals surface area contributed by atoms with E-state index >= 15 is 0 Å². The van der Waals surface area contributed by atoms with E-state index in [4.69, 9.17) is 16.3 Å². The SMILES string of the molecule is C[C@H]1CN(C(=O)Cn2cnnn2)c2cc(Cl)ccc2O1. The van der Waals surface area contributed by atoms with Crippen LogP contribution in [0.25, 0.3) is 0 Å². The Kier molecular flexibility index (Phi) is 3.27. The number of ether oxygens (including phenoxy) is 1. The maximum absolute atomic E-state index is 12.4. The fourth-order valence-corrected chi connectivity index (χ4v) is 2.29. The largest absolute Gasteiger partial charge is 0.487 e. The minimum Gasteiger partial charge on any atom is -0.487 e. The zero-order valence-electron chi connectivity index (χ0n) is 10.7. The second-order valence-electron chi connectivity index (χ2n) is 4.55. The van der Waals surface area contributed by atoms with Crippen LogP contribution in [0, 0.1) is 0 Å². The van der Waals surface area contributed by atoms with Crippen LogP contribution in [-0.2, 0) is 11.3 Å². The summed E-state index contributed by atoms with van der Waals surface area (Å²) in [7, 11) is 0. The van der Waals surface area contributed by atoms with Gasteiger partial charge >= 0.3 is 0 Å². The average molecular weight is 294 g/mol. The van der Waals surface area contributed by atoms with E-state index in [0.717, 1.165) is 0 Å². The molecular weight excluding hydrogens is 282 g/mol. The molecule has 0 fully saturated rings. The summed E-state index contributed by atoms with van der Waals surface area (Å²) in [5.41, 5.74) is 0.675. The van der Waals surface area contributed by atoms with Gasteiger partial charge in [0.2, 0.25) is 5.91 Å². The molecule has 20 heavy (non-hydrogen) atoms. The van der Waals surface area contributed by atoms with E-state index < -0.39 is 0 Å². The van der Waals surface area contributed by atoms with Crippen LogP contribution in [0.5, 0.6) is 5.75 Å². The Bertz CT molecular complexity index is 631. The minimum absolute atomic E-state index is 0.0751. The maximum Gasteiger partial charge on any atom is 0.249 e. The standard InChI is InChI=1S/C12H12ClN5O2/c1-8-5-18(12(19)6-17-7-14-15-16-17)10-4-9(13)2-3-11(10)20-8/h2-4,7-8H,5-6H2,1H3/t8-/m0/s1. The topological polar surface area (TPSA) is 73.1 Å². The van der Waals surface area contributed by atoms with E-state index in [-0.39, 0.29) is 18.6 Å². The van der Waals surface area contributed by atoms with E-state index in [1.54, 1.807) is 23.1 Å². The van der Waals surface area contributed by atoms with Crippen molar-refractivity contribution in [3.63, 3.8) is 0 Å². The highest BCUT2D eigenvalue weighted by Gasteiger charge is 2.28. The third-order valence-corrected chi connectivity index (χ3v) is 3.20. The second kappa shape index (κ2) is 5.09. The first-order chi connectivity index (χ1) is 9.63. The van der Waals surface area contributed by atoms with Gasteiger partial charge < -0.3 is 9.64 Å². The molecule has 1 aromatic heterocycles. The number of carbonyl (C=O) groups excluding carboxylic acids is 1. The highest BCUT2D eigenvalue weighted by Crippen LogP contribution is 2.35. The highest BCUT2D eigenvalue weighted by molar-refractivity contribution is 6.31. The van der Waals surface area contributed by atoms with Crippen molar-refractivity contribution in [2.45, 2.75) is 19.6 Å². The number of hydrogen-bond donors (Lipinski definition) is 0. The van der Waals surface area contributed by atoms with Crippen molar-refractivity contribution in [1.82, 2.24) is 20.2 Å². The van der Waals surface area contributed by atoms with E-state index in [1.807, 2.05) is 6.92 Å². The fourth-order valence-electron chi connectivity index (χ4n) is 2.12. The number of halogens is 1. The van der Waals surface area contributed by atoms with Gasteiger partial charge in [-0.25, -0.2) is 4.68 Å². The van der Waals surface area contributed by atoms with Crippen molar-refractivity contribution >= 4 is 23.2 Å². The molecule has 8 heteroatoms. The van der Waals surface area contributed by atoms with Gasteiger partial charge in [0.25, 0.3) is 0 Å². The summed E-state index contributed by atoms with van der Waals surface area (Å²) in [5.74, 6) is 0.536. The number of tetrazole rings is 1. The molecule has 0 bridgehead atoms. The highest BCUT2D eigenvalue weighted by atomic mass is 35.5. The first-order valence-corrected chi connectivity index (χ1v) is 6.48. The van der Waals surface area contributed by atoms with Gasteiger partial charge in [-0.1, -0.05) is 11.6 Å². The summed E-state index contributed by atoms with van der Waals surface area (Å²) in [6, 6.07) is 5.23. The monoisotopic (exact) mass is 293 g/mol. The molecule has 0 radical (unpaired) electrons. The maximum atomic E-state index is 12.4. The van der Waals surface area contributed by atoms with E-state index in [9.17, 15) is 4.79 Å². The minimum atomic E-state index is -0.115. The smallest absolute Gasteiger partial charge is 0.249 e. The normalized spacial score (nSPS) is 17.5. The van der Waals surface area contributed by atoms with Crippen molar-refractivity contribution < 1.29 is 9.53 Å². The van der Waals surface area contributed by atoms with E-state index in [2.05, 4.69) is 15.5 Å². The summed E-state index contributed by atoms with van der Waals surface area (Å²) in [4.78, 5) is 14.0. The molecular formula is C12H12ClN5O2. The zero-order valence-corrected chi connectivity index (χ0v) is 11.5. The Balaban J connectivity index is 1.89. The van der Waals surface area contributed by atoms with E-state index in [1.165, 1.54) is 11.0 Å². The van der Waals surface area contributed by atoms with Gasteiger partial charge in [0.1, 0.15) is 24.7 Å². The van der Waals surface area contributed by atoms with Gasteiger partial charge in [-0.2, -0.15) is 0 Å². The van der Waals surface area contributed by atoms with Crippen LogP contribution in [-0.4, -0.2) is 38.8 Å². The van der Waals surface area contributed by atoms with Crippen molar-refractivity contribution in [2.75, 3.05) is 11.4 Å². The van der Waals surface area contributed by atoms with Crippen LogP contribution in [0.4, 0.5) is 5.69 Å². The predicted octanol–water partition coefficient (Wildman–Crippen LogP) is 1.14. The van der Waals surface area contributed by atoms with Crippen LogP contribution in [0.1, 0.15) is 6.92 Å². The van der Waals surface area contributed by atoms with Gasteiger partial charge in [0.05, 0.1) is 12.2 Å². The van der Waals surface area contributed by atoms with Crippen LogP contribution < -0.4 is 9.64 Å². The number of benzene rings is 1. The Morgan fingerprint density at radius 3 is 3.15 bits per heavy atom. The molecule has 1 aromatic carbocycles. The third-order valence-electron chi connectivity index (χ3n) is 2.97. The molecule has 104 valence electrons. The Labute approximate surface area is 120 Å². The van der Waals surface area contributed by atoms with Gasteiger partial charge in [-0.15, -0.1) is 5.10 Å². The van der Waals surface area contributed by atoms with Crippen LogP contribution in [0.15, 0.2) is 24.5 Å². The summed E-state index contributed by atoms with van der Waals surface area (Å²) in [5, 5.41) is 11.3. The first kappa shape index (κ1) is 12.9. The molecule has 1 aliphatic rings. The number of aromatic nitrogens is 4. The summed E-state index contributed by atoms with van der Waals surface area (Å²) in [6.07, 6.45) is 1.32. The van der Waals surface area contributed by atoms with Crippen LogP contribution in [0.3, 0.4) is 0 Å². The second-order valence-corrected chi connectivity index (χ2v) is 4.99. The van der Waals surface area contributed by atoms with Gasteiger partial charge in [-0.3, -0.25) is 4.79 Å². The molecule has 0 unspecified atom stereocenters. The first-order valence-electron chi connectivity index (χ1n) is 6.11. The van der Waals surface area contributed by atoms with Gasteiger partial charge in [0, 0.05) is 5.02 Å². The molecule has 3 rings (SSSR count). The van der Waals surface area contributed by atoms with Crippen molar-refractivity contribution in [2.24, 2.45) is 0 Å².